The first kappa shape index (κ1) is 8.67. The van der Waals surface area contributed by atoms with Gasteiger partial charge in [0.2, 0.25) is 5.76 Å². The second-order valence-electron chi connectivity index (χ2n) is 3.70. The fourth-order valence-electron chi connectivity index (χ4n) is 1.71. The zero-order valence-electron chi connectivity index (χ0n) is 8.63. The zero-order chi connectivity index (χ0) is 10.4. The van der Waals surface area contributed by atoms with Crippen molar-refractivity contribution in [2.24, 2.45) is 0 Å². The van der Waals surface area contributed by atoms with Crippen molar-refractivity contribution < 1.29 is 8.94 Å². The van der Waals surface area contributed by atoms with Crippen LogP contribution < -0.4 is 5.32 Å². The molecule has 0 aromatic carbocycles. The molecule has 0 spiro atoms. The van der Waals surface area contributed by atoms with Crippen LogP contribution in [0.25, 0.3) is 11.7 Å². The molecule has 2 aromatic rings. The summed E-state index contributed by atoms with van der Waals surface area (Å²) in [4.78, 5) is 4.30. The minimum Gasteiger partial charge on any atom is -0.439 e. The first-order chi connectivity index (χ1) is 7.25. The summed E-state index contributed by atoms with van der Waals surface area (Å²) in [5.74, 6) is 2.01. The largest absolute Gasteiger partial charge is 0.439 e. The molecule has 0 atom stereocenters. The SMILES string of the molecule is Cc1nc(-c2onc3c2CNC3)oc1C. The highest BCUT2D eigenvalue weighted by Crippen LogP contribution is 2.29. The molecular weight excluding hydrogens is 194 g/mol. The Bertz CT molecular complexity index is 493. The lowest BCUT2D eigenvalue weighted by Gasteiger charge is -1.91. The predicted molar refractivity (Wildman–Crippen MR) is 52.0 cm³/mol. The summed E-state index contributed by atoms with van der Waals surface area (Å²) in [7, 11) is 0. The van der Waals surface area contributed by atoms with Crippen molar-refractivity contribution in [2.45, 2.75) is 26.9 Å². The number of fused-ring (bicyclic) bond motifs is 1. The highest BCUT2D eigenvalue weighted by molar-refractivity contribution is 5.53. The quantitative estimate of drug-likeness (QED) is 0.765. The summed E-state index contributed by atoms with van der Waals surface area (Å²) in [6.07, 6.45) is 0. The molecule has 3 heterocycles. The number of rotatable bonds is 1. The van der Waals surface area contributed by atoms with Gasteiger partial charge in [0.1, 0.15) is 11.5 Å². The van der Waals surface area contributed by atoms with Crippen LogP contribution in [0.15, 0.2) is 8.94 Å². The Morgan fingerprint density at radius 1 is 1.27 bits per heavy atom. The van der Waals surface area contributed by atoms with Crippen molar-refractivity contribution in [1.82, 2.24) is 15.5 Å². The van der Waals surface area contributed by atoms with Crippen LogP contribution >= 0.6 is 0 Å². The van der Waals surface area contributed by atoms with Gasteiger partial charge in [-0.2, -0.15) is 0 Å². The lowest BCUT2D eigenvalue weighted by atomic mass is 10.2. The minimum absolute atomic E-state index is 0.530. The normalized spacial score (nSPS) is 14.5. The lowest BCUT2D eigenvalue weighted by molar-refractivity contribution is 0.400. The molecule has 5 heteroatoms. The van der Waals surface area contributed by atoms with Crippen molar-refractivity contribution in [3.8, 4) is 11.7 Å². The first-order valence-corrected chi connectivity index (χ1v) is 4.88. The van der Waals surface area contributed by atoms with E-state index in [0.29, 0.717) is 11.7 Å². The molecule has 3 rings (SSSR count). The number of nitrogens with zero attached hydrogens (tertiary/aromatic N) is 2. The second kappa shape index (κ2) is 2.93. The van der Waals surface area contributed by atoms with Gasteiger partial charge in [-0.05, 0) is 13.8 Å². The monoisotopic (exact) mass is 205 g/mol. The number of aryl methyl sites for hydroxylation is 2. The molecule has 1 aliphatic rings. The molecule has 0 bridgehead atoms. The van der Waals surface area contributed by atoms with Crippen LogP contribution in [0.3, 0.4) is 0 Å². The van der Waals surface area contributed by atoms with E-state index in [2.05, 4.69) is 15.5 Å². The van der Waals surface area contributed by atoms with Gasteiger partial charge in [0.25, 0.3) is 5.89 Å². The summed E-state index contributed by atoms with van der Waals surface area (Å²) in [6.45, 7) is 5.34. The molecule has 15 heavy (non-hydrogen) atoms. The van der Waals surface area contributed by atoms with E-state index in [0.717, 1.165) is 35.8 Å². The van der Waals surface area contributed by atoms with Crippen LogP contribution in [0.5, 0.6) is 0 Å². The van der Waals surface area contributed by atoms with E-state index in [-0.39, 0.29) is 0 Å². The first-order valence-electron chi connectivity index (χ1n) is 4.88. The fourth-order valence-corrected chi connectivity index (χ4v) is 1.71. The van der Waals surface area contributed by atoms with Crippen LogP contribution in [0.4, 0.5) is 0 Å². The summed E-state index contributed by atoms with van der Waals surface area (Å²) in [5, 5.41) is 7.18. The predicted octanol–water partition coefficient (Wildman–Crippen LogP) is 1.55. The number of hydrogen-bond acceptors (Lipinski definition) is 5. The van der Waals surface area contributed by atoms with Crippen molar-refractivity contribution >= 4 is 0 Å². The molecule has 0 unspecified atom stereocenters. The van der Waals surface area contributed by atoms with E-state index in [4.69, 9.17) is 8.94 Å². The van der Waals surface area contributed by atoms with Crippen LogP contribution in [-0.4, -0.2) is 10.1 Å². The van der Waals surface area contributed by atoms with E-state index in [1.807, 2.05) is 13.8 Å². The number of nitrogens with one attached hydrogen (secondary N) is 1. The summed E-state index contributed by atoms with van der Waals surface area (Å²) >= 11 is 0. The smallest absolute Gasteiger partial charge is 0.266 e. The number of hydrogen-bond donors (Lipinski definition) is 1. The van der Waals surface area contributed by atoms with Gasteiger partial charge in [0.05, 0.1) is 5.69 Å². The van der Waals surface area contributed by atoms with Crippen molar-refractivity contribution in [1.29, 1.82) is 0 Å². The van der Waals surface area contributed by atoms with E-state index >= 15 is 0 Å². The molecule has 0 saturated heterocycles. The van der Waals surface area contributed by atoms with Gasteiger partial charge in [-0.25, -0.2) is 4.98 Å². The van der Waals surface area contributed by atoms with Crippen molar-refractivity contribution in [3.63, 3.8) is 0 Å². The van der Waals surface area contributed by atoms with Gasteiger partial charge in [0.15, 0.2) is 0 Å². The molecule has 0 saturated carbocycles. The Morgan fingerprint density at radius 3 is 2.87 bits per heavy atom. The Kier molecular flexibility index (Phi) is 1.70. The van der Waals surface area contributed by atoms with Crippen LogP contribution in [0, 0.1) is 13.8 Å². The van der Waals surface area contributed by atoms with E-state index in [1.165, 1.54) is 0 Å². The maximum Gasteiger partial charge on any atom is 0.266 e. The highest BCUT2D eigenvalue weighted by atomic mass is 16.5. The van der Waals surface area contributed by atoms with E-state index < -0.39 is 0 Å². The molecule has 0 amide bonds. The molecular formula is C10H11N3O2. The van der Waals surface area contributed by atoms with Gasteiger partial charge in [-0.3, -0.25) is 0 Å². The Morgan fingerprint density at radius 2 is 2.13 bits per heavy atom. The van der Waals surface area contributed by atoms with Crippen LogP contribution in [0.1, 0.15) is 22.7 Å². The third-order valence-corrected chi connectivity index (χ3v) is 2.69. The molecule has 0 radical (unpaired) electrons. The van der Waals surface area contributed by atoms with Gasteiger partial charge in [-0.1, -0.05) is 5.16 Å². The summed E-state index contributed by atoms with van der Waals surface area (Å²) < 4.78 is 10.8. The number of oxazole rings is 1. The van der Waals surface area contributed by atoms with Crippen molar-refractivity contribution in [2.75, 3.05) is 0 Å². The third kappa shape index (κ3) is 1.20. The maximum atomic E-state index is 5.51. The van der Waals surface area contributed by atoms with E-state index in [1.54, 1.807) is 0 Å². The average molecular weight is 205 g/mol. The average Bonchev–Trinajstić information content (AvgIpc) is 2.81. The molecule has 1 N–H and O–H groups in total. The summed E-state index contributed by atoms with van der Waals surface area (Å²) in [5.41, 5.74) is 2.91. The topological polar surface area (TPSA) is 64.1 Å². The molecule has 78 valence electrons. The van der Waals surface area contributed by atoms with E-state index in [9.17, 15) is 0 Å². The molecule has 2 aromatic heterocycles. The Hall–Kier alpha value is -1.62. The summed E-state index contributed by atoms with van der Waals surface area (Å²) in [6, 6.07) is 0. The second-order valence-corrected chi connectivity index (χ2v) is 3.70. The highest BCUT2D eigenvalue weighted by Gasteiger charge is 2.25. The molecule has 0 fully saturated rings. The van der Waals surface area contributed by atoms with Gasteiger partial charge in [-0.15, -0.1) is 0 Å². The molecule has 5 nitrogen and oxygen atoms in total. The van der Waals surface area contributed by atoms with Gasteiger partial charge < -0.3 is 14.3 Å². The van der Waals surface area contributed by atoms with Crippen molar-refractivity contribution in [3.05, 3.63) is 22.7 Å². The van der Waals surface area contributed by atoms with Crippen LogP contribution in [-0.2, 0) is 13.1 Å². The lowest BCUT2D eigenvalue weighted by Crippen LogP contribution is -2.01. The molecule has 0 aliphatic carbocycles. The Balaban J connectivity index is 2.12. The minimum atomic E-state index is 0.530. The third-order valence-electron chi connectivity index (χ3n) is 2.69. The number of aromatic nitrogens is 2. The Labute approximate surface area is 86.5 Å². The van der Waals surface area contributed by atoms with Gasteiger partial charge >= 0.3 is 0 Å². The standard InChI is InChI=1S/C10H11N3O2/c1-5-6(2)14-10(12-5)9-7-3-11-4-8(7)13-15-9/h11H,3-4H2,1-2H3. The van der Waals surface area contributed by atoms with Gasteiger partial charge in [0, 0.05) is 18.7 Å². The fraction of sp³-hybridized carbons (Fsp3) is 0.400. The maximum absolute atomic E-state index is 5.51. The molecule has 1 aliphatic heterocycles. The van der Waals surface area contributed by atoms with Crippen LogP contribution in [0.2, 0.25) is 0 Å². The zero-order valence-corrected chi connectivity index (χ0v) is 8.63.